The van der Waals surface area contributed by atoms with Crippen molar-refractivity contribution in [1.82, 2.24) is 25.0 Å². The molecule has 1 aliphatic rings. The van der Waals surface area contributed by atoms with Crippen molar-refractivity contribution in [1.29, 1.82) is 0 Å². The van der Waals surface area contributed by atoms with Crippen LogP contribution in [0.4, 0.5) is 4.79 Å². The van der Waals surface area contributed by atoms with Gasteiger partial charge in [0.25, 0.3) is 0 Å². The van der Waals surface area contributed by atoms with E-state index < -0.39 is 12.0 Å². The van der Waals surface area contributed by atoms with Gasteiger partial charge in [-0.1, -0.05) is 12.8 Å². The largest absolute Gasteiger partial charge is 0.480 e. The first-order chi connectivity index (χ1) is 10.1. The zero-order valence-electron chi connectivity index (χ0n) is 12.2. The molecule has 21 heavy (non-hydrogen) atoms. The van der Waals surface area contributed by atoms with E-state index in [0.717, 1.165) is 25.8 Å². The molecular formula is C13H21N5O3. The number of carbonyl (C=O) groups is 2. The Morgan fingerprint density at radius 3 is 2.95 bits per heavy atom. The molecule has 2 amide bonds. The molecule has 8 heteroatoms. The number of urea groups is 1. The molecule has 116 valence electrons. The van der Waals surface area contributed by atoms with Crippen molar-refractivity contribution >= 4 is 12.0 Å². The summed E-state index contributed by atoms with van der Waals surface area (Å²) in [6, 6.07) is -1.09. The Bertz CT molecular complexity index is 502. The summed E-state index contributed by atoms with van der Waals surface area (Å²) < 4.78 is 1.83. The van der Waals surface area contributed by atoms with E-state index in [9.17, 15) is 14.7 Å². The maximum atomic E-state index is 12.3. The van der Waals surface area contributed by atoms with Crippen LogP contribution in [0, 0.1) is 0 Å². The van der Waals surface area contributed by atoms with Crippen molar-refractivity contribution in [2.75, 3.05) is 6.54 Å². The number of carbonyl (C=O) groups excluding carboxylic acids is 1. The van der Waals surface area contributed by atoms with Gasteiger partial charge in [0, 0.05) is 13.1 Å². The normalized spacial score (nSPS) is 19.1. The number of aliphatic carboxylic acids is 1. The molecule has 8 nitrogen and oxygen atoms in total. The molecule has 2 N–H and O–H groups in total. The maximum Gasteiger partial charge on any atom is 0.326 e. The lowest BCUT2D eigenvalue weighted by atomic mass is 10.1. The molecule has 1 saturated heterocycles. The fourth-order valence-corrected chi connectivity index (χ4v) is 2.54. The second kappa shape index (κ2) is 7.05. The standard InChI is InChI=1S/C13H21N5O3/c1-2-17-9-15-16-11(17)8-14-13(21)18-7-5-3-4-6-10(18)12(19)20/h9-10H,2-8H2,1H3,(H,14,21)(H,19,20). The summed E-state index contributed by atoms with van der Waals surface area (Å²) in [6.45, 7) is 3.41. The summed E-state index contributed by atoms with van der Waals surface area (Å²) in [6.07, 6.45) is 4.74. The van der Waals surface area contributed by atoms with Crippen LogP contribution in [0.15, 0.2) is 6.33 Å². The Morgan fingerprint density at radius 2 is 2.24 bits per heavy atom. The zero-order valence-corrected chi connectivity index (χ0v) is 12.2. The fourth-order valence-electron chi connectivity index (χ4n) is 2.54. The van der Waals surface area contributed by atoms with Crippen LogP contribution in [-0.4, -0.2) is 49.4 Å². The molecule has 0 aromatic carbocycles. The molecule has 2 rings (SSSR count). The summed E-state index contributed by atoms with van der Waals surface area (Å²) in [5, 5.41) is 19.7. The second-order valence-electron chi connectivity index (χ2n) is 5.09. The average molecular weight is 295 g/mol. The molecule has 1 aliphatic heterocycles. The summed E-state index contributed by atoms with van der Waals surface area (Å²) in [4.78, 5) is 25.0. The van der Waals surface area contributed by atoms with Gasteiger partial charge in [0.05, 0.1) is 6.54 Å². The van der Waals surface area contributed by atoms with Gasteiger partial charge in [0.15, 0.2) is 5.82 Å². The fraction of sp³-hybridized carbons (Fsp3) is 0.692. The number of amides is 2. The van der Waals surface area contributed by atoms with Crippen molar-refractivity contribution in [3.8, 4) is 0 Å². The van der Waals surface area contributed by atoms with E-state index in [2.05, 4.69) is 15.5 Å². The van der Waals surface area contributed by atoms with Gasteiger partial charge in [-0.3, -0.25) is 0 Å². The minimum atomic E-state index is -0.941. The molecule has 0 saturated carbocycles. The lowest BCUT2D eigenvalue weighted by Crippen LogP contribution is -2.49. The van der Waals surface area contributed by atoms with Gasteiger partial charge >= 0.3 is 12.0 Å². The van der Waals surface area contributed by atoms with Crippen LogP contribution < -0.4 is 5.32 Å². The molecule has 1 unspecified atom stereocenters. The van der Waals surface area contributed by atoms with Crippen LogP contribution >= 0.6 is 0 Å². The summed E-state index contributed by atoms with van der Waals surface area (Å²) in [5.41, 5.74) is 0. The van der Waals surface area contributed by atoms with Crippen LogP contribution in [0.5, 0.6) is 0 Å². The Labute approximate surface area is 123 Å². The van der Waals surface area contributed by atoms with Gasteiger partial charge in [0.2, 0.25) is 0 Å². The number of nitrogens with zero attached hydrogens (tertiary/aromatic N) is 4. The number of rotatable bonds is 4. The van der Waals surface area contributed by atoms with Gasteiger partial charge in [-0.15, -0.1) is 10.2 Å². The predicted octanol–water partition coefficient (Wildman–Crippen LogP) is 0.837. The monoisotopic (exact) mass is 295 g/mol. The Balaban J connectivity index is 1.98. The molecule has 0 spiro atoms. The van der Waals surface area contributed by atoms with Gasteiger partial charge in [0.1, 0.15) is 12.4 Å². The molecule has 1 atom stereocenters. The molecule has 1 aromatic heterocycles. The lowest BCUT2D eigenvalue weighted by molar-refractivity contribution is -0.142. The van der Waals surface area contributed by atoms with E-state index in [1.807, 2.05) is 11.5 Å². The van der Waals surface area contributed by atoms with E-state index in [0.29, 0.717) is 18.8 Å². The van der Waals surface area contributed by atoms with Gasteiger partial charge in [-0.05, 0) is 19.8 Å². The smallest absolute Gasteiger partial charge is 0.326 e. The summed E-state index contributed by atoms with van der Waals surface area (Å²) >= 11 is 0. The van der Waals surface area contributed by atoms with Crippen LogP contribution in [0.25, 0.3) is 0 Å². The Morgan fingerprint density at radius 1 is 1.43 bits per heavy atom. The predicted molar refractivity (Wildman–Crippen MR) is 74.5 cm³/mol. The van der Waals surface area contributed by atoms with Gasteiger partial charge in [-0.25, -0.2) is 9.59 Å². The van der Waals surface area contributed by atoms with Crippen LogP contribution in [-0.2, 0) is 17.9 Å². The lowest BCUT2D eigenvalue weighted by Gasteiger charge is -2.27. The number of likely N-dealkylation sites (tertiary alicyclic amines) is 1. The van der Waals surface area contributed by atoms with Crippen LogP contribution in [0.1, 0.15) is 38.4 Å². The van der Waals surface area contributed by atoms with E-state index in [1.165, 1.54) is 4.90 Å². The first kappa shape index (κ1) is 15.3. The third-order valence-electron chi connectivity index (χ3n) is 3.73. The van der Waals surface area contributed by atoms with E-state index >= 15 is 0 Å². The first-order valence-corrected chi connectivity index (χ1v) is 7.27. The molecule has 0 aliphatic carbocycles. The topological polar surface area (TPSA) is 100 Å². The minimum absolute atomic E-state index is 0.246. The molecule has 1 aromatic rings. The number of carboxylic acid groups (broad SMARTS) is 1. The SMILES string of the molecule is CCn1cnnc1CNC(=O)N1CCCCCC1C(=O)O. The molecule has 2 heterocycles. The number of aromatic nitrogens is 3. The van der Waals surface area contributed by atoms with Crippen molar-refractivity contribution in [2.45, 2.75) is 51.7 Å². The highest BCUT2D eigenvalue weighted by molar-refractivity contribution is 5.82. The highest BCUT2D eigenvalue weighted by atomic mass is 16.4. The Kier molecular flexibility index (Phi) is 5.13. The van der Waals surface area contributed by atoms with Crippen molar-refractivity contribution in [3.05, 3.63) is 12.2 Å². The number of aryl methyl sites for hydroxylation is 1. The van der Waals surface area contributed by atoms with Crippen molar-refractivity contribution in [3.63, 3.8) is 0 Å². The van der Waals surface area contributed by atoms with Crippen molar-refractivity contribution in [2.24, 2.45) is 0 Å². The van der Waals surface area contributed by atoms with E-state index in [-0.39, 0.29) is 12.6 Å². The average Bonchev–Trinajstić information content (AvgIpc) is 2.77. The highest BCUT2D eigenvalue weighted by Gasteiger charge is 2.30. The Hall–Kier alpha value is -2.12. The molecule has 0 radical (unpaired) electrons. The number of nitrogens with one attached hydrogen (secondary N) is 1. The van der Waals surface area contributed by atoms with Crippen LogP contribution in [0.2, 0.25) is 0 Å². The maximum absolute atomic E-state index is 12.3. The first-order valence-electron chi connectivity index (χ1n) is 7.27. The third kappa shape index (κ3) is 3.71. The quantitative estimate of drug-likeness (QED) is 0.857. The number of carboxylic acids is 1. The van der Waals surface area contributed by atoms with Crippen LogP contribution in [0.3, 0.4) is 0 Å². The van der Waals surface area contributed by atoms with Gasteiger partial charge < -0.3 is 19.9 Å². The molecule has 1 fully saturated rings. The third-order valence-corrected chi connectivity index (χ3v) is 3.73. The zero-order chi connectivity index (χ0) is 15.2. The van der Waals surface area contributed by atoms with E-state index in [1.54, 1.807) is 6.33 Å². The summed E-state index contributed by atoms with van der Waals surface area (Å²) in [5.74, 6) is -0.281. The van der Waals surface area contributed by atoms with E-state index in [4.69, 9.17) is 0 Å². The molecular weight excluding hydrogens is 274 g/mol. The summed E-state index contributed by atoms with van der Waals surface area (Å²) in [7, 11) is 0. The minimum Gasteiger partial charge on any atom is -0.480 e. The number of hydrogen-bond donors (Lipinski definition) is 2. The molecule has 0 bridgehead atoms. The number of hydrogen-bond acceptors (Lipinski definition) is 4. The highest BCUT2D eigenvalue weighted by Crippen LogP contribution is 2.17. The second-order valence-corrected chi connectivity index (χ2v) is 5.09. The van der Waals surface area contributed by atoms with Gasteiger partial charge in [-0.2, -0.15) is 0 Å². The van der Waals surface area contributed by atoms with Crippen molar-refractivity contribution < 1.29 is 14.7 Å².